The summed E-state index contributed by atoms with van der Waals surface area (Å²) in [4.78, 5) is 23.3. The van der Waals surface area contributed by atoms with Gasteiger partial charge in [0.25, 0.3) is 5.91 Å². The number of amides is 1. The van der Waals surface area contributed by atoms with Gasteiger partial charge < -0.3 is 19.6 Å². The molecule has 1 amide bonds. The molecule has 6 nitrogen and oxygen atoms in total. The number of aryl methyl sites for hydroxylation is 2. The van der Waals surface area contributed by atoms with E-state index in [1.807, 2.05) is 38.1 Å². The van der Waals surface area contributed by atoms with E-state index in [1.165, 1.54) is 6.26 Å². The number of nitrogens with one attached hydrogen (secondary N) is 1. The minimum Gasteiger partial charge on any atom is -0.488 e. The highest BCUT2D eigenvalue weighted by molar-refractivity contribution is 5.97. The van der Waals surface area contributed by atoms with Crippen LogP contribution in [0.15, 0.2) is 34.9 Å². The summed E-state index contributed by atoms with van der Waals surface area (Å²) in [7, 11) is 0. The van der Waals surface area contributed by atoms with Gasteiger partial charge in [-0.1, -0.05) is 25.1 Å². The molecule has 6 heteroatoms. The first-order valence-corrected chi connectivity index (χ1v) is 8.21. The van der Waals surface area contributed by atoms with Crippen molar-refractivity contribution in [3.63, 3.8) is 0 Å². The fourth-order valence-corrected chi connectivity index (χ4v) is 2.50. The molecule has 2 N–H and O–H groups in total. The first-order chi connectivity index (χ1) is 11.9. The molecule has 1 unspecified atom stereocenters. The Kier molecular flexibility index (Phi) is 6.22. The van der Waals surface area contributed by atoms with Gasteiger partial charge in [0.15, 0.2) is 0 Å². The van der Waals surface area contributed by atoms with Gasteiger partial charge in [0, 0.05) is 5.56 Å². The number of para-hydroxylation sites is 1. The van der Waals surface area contributed by atoms with Crippen molar-refractivity contribution in [3.05, 3.63) is 53.0 Å². The van der Waals surface area contributed by atoms with Crippen LogP contribution in [0.2, 0.25) is 0 Å². The van der Waals surface area contributed by atoms with E-state index in [1.54, 1.807) is 6.92 Å². The molecular weight excluding hydrogens is 322 g/mol. The number of hydrogen-bond donors (Lipinski definition) is 2. The number of carboxylic acids is 1. The predicted molar refractivity (Wildman–Crippen MR) is 93.0 cm³/mol. The Bertz CT molecular complexity index is 750. The molecule has 1 aromatic carbocycles. The normalized spacial score (nSPS) is 11.8. The molecule has 2 rings (SSSR count). The SMILES string of the molecule is CCC(CNC(=O)c1c(C)coc1CC(=O)O)Oc1ccccc1C. The third-order valence-corrected chi connectivity index (χ3v) is 3.92. The maximum atomic E-state index is 12.4. The van der Waals surface area contributed by atoms with Gasteiger partial charge in [-0.15, -0.1) is 0 Å². The number of aliphatic carboxylic acids is 1. The van der Waals surface area contributed by atoms with Crippen LogP contribution in [-0.2, 0) is 11.2 Å². The molecule has 1 heterocycles. The molecular formula is C19H23NO5. The molecule has 1 atom stereocenters. The zero-order valence-corrected chi connectivity index (χ0v) is 14.7. The largest absolute Gasteiger partial charge is 0.488 e. The molecule has 1 aromatic heterocycles. The van der Waals surface area contributed by atoms with Crippen molar-refractivity contribution in [3.8, 4) is 5.75 Å². The van der Waals surface area contributed by atoms with Crippen LogP contribution in [0.5, 0.6) is 5.75 Å². The van der Waals surface area contributed by atoms with Gasteiger partial charge in [0.1, 0.15) is 24.0 Å². The molecule has 0 aliphatic carbocycles. The van der Waals surface area contributed by atoms with E-state index in [0.29, 0.717) is 12.1 Å². The molecule has 0 saturated heterocycles. The van der Waals surface area contributed by atoms with E-state index >= 15 is 0 Å². The van der Waals surface area contributed by atoms with Gasteiger partial charge in [-0.3, -0.25) is 9.59 Å². The summed E-state index contributed by atoms with van der Waals surface area (Å²) in [6.45, 7) is 5.98. The van der Waals surface area contributed by atoms with E-state index in [4.69, 9.17) is 14.3 Å². The Morgan fingerprint density at radius 3 is 2.60 bits per heavy atom. The van der Waals surface area contributed by atoms with Gasteiger partial charge in [-0.05, 0) is 31.9 Å². The maximum absolute atomic E-state index is 12.4. The molecule has 0 fully saturated rings. The highest BCUT2D eigenvalue weighted by Crippen LogP contribution is 2.19. The van der Waals surface area contributed by atoms with E-state index in [-0.39, 0.29) is 29.8 Å². The summed E-state index contributed by atoms with van der Waals surface area (Å²) >= 11 is 0. The third kappa shape index (κ3) is 4.86. The third-order valence-electron chi connectivity index (χ3n) is 3.92. The molecule has 0 aliphatic rings. The van der Waals surface area contributed by atoms with Crippen molar-refractivity contribution in [2.24, 2.45) is 0 Å². The van der Waals surface area contributed by atoms with Crippen molar-refractivity contribution in [2.75, 3.05) is 6.54 Å². The van der Waals surface area contributed by atoms with Crippen molar-refractivity contribution >= 4 is 11.9 Å². The lowest BCUT2D eigenvalue weighted by Gasteiger charge is -2.19. The van der Waals surface area contributed by atoms with Crippen LogP contribution in [0.1, 0.15) is 40.6 Å². The number of carbonyl (C=O) groups is 2. The second kappa shape index (κ2) is 8.37. The van der Waals surface area contributed by atoms with E-state index in [2.05, 4.69) is 5.32 Å². The summed E-state index contributed by atoms with van der Waals surface area (Å²) in [5.41, 5.74) is 1.93. The minimum absolute atomic E-state index is 0.162. The van der Waals surface area contributed by atoms with Gasteiger partial charge in [-0.2, -0.15) is 0 Å². The summed E-state index contributed by atoms with van der Waals surface area (Å²) in [5.74, 6) is -0.447. The Morgan fingerprint density at radius 1 is 1.24 bits per heavy atom. The average Bonchev–Trinajstić information content (AvgIpc) is 2.92. The van der Waals surface area contributed by atoms with Gasteiger partial charge >= 0.3 is 5.97 Å². The lowest BCUT2D eigenvalue weighted by molar-refractivity contribution is -0.136. The molecule has 0 bridgehead atoms. The fraction of sp³-hybridized carbons (Fsp3) is 0.368. The van der Waals surface area contributed by atoms with Gasteiger partial charge in [0.05, 0.1) is 18.4 Å². The number of benzene rings is 1. The van der Waals surface area contributed by atoms with Gasteiger partial charge in [0.2, 0.25) is 0 Å². The van der Waals surface area contributed by atoms with Crippen LogP contribution >= 0.6 is 0 Å². The topological polar surface area (TPSA) is 88.8 Å². The average molecular weight is 345 g/mol. The van der Waals surface area contributed by atoms with Crippen molar-refractivity contribution in [1.82, 2.24) is 5.32 Å². The molecule has 0 saturated carbocycles. The van der Waals surface area contributed by atoms with Crippen LogP contribution in [0.25, 0.3) is 0 Å². The fourth-order valence-electron chi connectivity index (χ4n) is 2.50. The number of rotatable bonds is 8. The predicted octanol–water partition coefficient (Wildman–Crippen LogP) is 3.11. The lowest BCUT2D eigenvalue weighted by Crippen LogP contribution is -2.35. The Labute approximate surface area is 146 Å². The van der Waals surface area contributed by atoms with Crippen LogP contribution in [-0.4, -0.2) is 29.6 Å². The molecule has 2 aromatic rings. The van der Waals surface area contributed by atoms with E-state index < -0.39 is 5.97 Å². The zero-order valence-electron chi connectivity index (χ0n) is 14.7. The molecule has 0 spiro atoms. The zero-order chi connectivity index (χ0) is 18.4. The highest BCUT2D eigenvalue weighted by Gasteiger charge is 2.21. The van der Waals surface area contributed by atoms with Crippen molar-refractivity contribution < 1.29 is 23.8 Å². The van der Waals surface area contributed by atoms with E-state index in [0.717, 1.165) is 17.7 Å². The van der Waals surface area contributed by atoms with Crippen LogP contribution < -0.4 is 10.1 Å². The molecule has 0 radical (unpaired) electrons. The van der Waals surface area contributed by atoms with Crippen LogP contribution in [0, 0.1) is 13.8 Å². The number of carboxylic acid groups (broad SMARTS) is 1. The summed E-state index contributed by atoms with van der Waals surface area (Å²) < 4.78 is 11.2. The number of furan rings is 1. The summed E-state index contributed by atoms with van der Waals surface area (Å²) in [6, 6.07) is 7.70. The van der Waals surface area contributed by atoms with Crippen LogP contribution in [0.4, 0.5) is 0 Å². The summed E-state index contributed by atoms with van der Waals surface area (Å²) in [6.07, 6.45) is 1.61. The number of ether oxygens (including phenoxy) is 1. The van der Waals surface area contributed by atoms with Gasteiger partial charge in [-0.25, -0.2) is 0 Å². The molecule has 0 aliphatic heterocycles. The van der Waals surface area contributed by atoms with E-state index in [9.17, 15) is 9.59 Å². The lowest BCUT2D eigenvalue weighted by atomic mass is 10.1. The summed E-state index contributed by atoms with van der Waals surface area (Å²) in [5, 5.41) is 11.7. The quantitative estimate of drug-likeness (QED) is 0.767. The molecule has 134 valence electrons. The van der Waals surface area contributed by atoms with Crippen molar-refractivity contribution in [2.45, 2.75) is 39.7 Å². The first-order valence-electron chi connectivity index (χ1n) is 8.21. The number of hydrogen-bond acceptors (Lipinski definition) is 4. The maximum Gasteiger partial charge on any atom is 0.311 e. The highest BCUT2D eigenvalue weighted by atomic mass is 16.5. The Morgan fingerprint density at radius 2 is 1.96 bits per heavy atom. The Balaban J connectivity index is 2.02. The van der Waals surface area contributed by atoms with Crippen molar-refractivity contribution in [1.29, 1.82) is 0 Å². The second-order valence-electron chi connectivity index (χ2n) is 5.91. The smallest absolute Gasteiger partial charge is 0.311 e. The first kappa shape index (κ1) is 18.6. The molecule has 25 heavy (non-hydrogen) atoms. The Hall–Kier alpha value is -2.76. The second-order valence-corrected chi connectivity index (χ2v) is 5.91. The minimum atomic E-state index is -1.04. The number of carbonyl (C=O) groups excluding carboxylic acids is 1. The standard InChI is InChI=1S/C19H23NO5/c1-4-14(25-15-8-6-5-7-12(15)2)10-20-19(23)18-13(3)11-24-16(18)9-17(21)22/h5-8,11,14H,4,9-10H2,1-3H3,(H,20,23)(H,21,22). The monoisotopic (exact) mass is 345 g/mol. The van der Waals surface area contributed by atoms with Crippen LogP contribution in [0.3, 0.4) is 0 Å².